The van der Waals surface area contributed by atoms with Gasteiger partial charge in [-0.2, -0.15) is 0 Å². The first kappa shape index (κ1) is 16.1. The second-order valence-corrected chi connectivity index (χ2v) is 4.98. The van der Waals surface area contributed by atoms with Crippen LogP contribution >= 0.6 is 11.6 Å². The van der Waals surface area contributed by atoms with E-state index >= 15 is 0 Å². The van der Waals surface area contributed by atoms with Gasteiger partial charge in [0.2, 0.25) is 0 Å². The number of halogens is 1. The van der Waals surface area contributed by atoms with Crippen molar-refractivity contribution >= 4 is 34.7 Å². The van der Waals surface area contributed by atoms with Crippen molar-refractivity contribution in [3.05, 3.63) is 45.0 Å². The van der Waals surface area contributed by atoms with Gasteiger partial charge in [0.25, 0.3) is 17.5 Å². The van der Waals surface area contributed by atoms with Crippen LogP contribution in [0.4, 0.5) is 5.69 Å². The Balaban J connectivity index is 2.25. The molecule has 0 spiro atoms. The Labute approximate surface area is 131 Å². The minimum Gasteiger partial charge on any atom is -0.385 e. The number of benzene rings is 1. The lowest BCUT2D eigenvalue weighted by molar-refractivity contribution is -0.384. The molecule has 2 rings (SSSR count). The fraction of sp³-hybridized carbons (Fsp3) is 0.286. The number of hydrogen-bond acceptors (Lipinski definition) is 5. The number of carbonyl (C=O) groups excluding carboxylic acids is 2. The summed E-state index contributed by atoms with van der Waals surface area (Å²) >= 11 is 5.97. The van der Waals surface area contributed by atoms with Gasteiger partial charge in [0, 0.05) is 32.4 Å². The lowest BCUT2D eigenvalue weighted by Gasteiger charge is -2.14. The van der Waals surface area contributed by atoms with Crippen molar-refractivity contribution in [2.45, 2.75) is 6.42 Å². The van der Waals surface area contributed by atoms with Crippen LogP contribution in [0.3, 0.4) is 0 Å². The lowest BCUT2D eigenvalue weighted by atomic mass is 10.1. The summed E-state index contributed by atoms with van der Waals surface area (Å²) in [6, 6.07) is 5.33. The van der Waals surface area contributed by atoms with Gasteiger partial charge >= 0.3 is 0 Å². The minimum atomic E-state index is -0.559. The average molecular weight is 325 g/mol. The number of ether oxygens (including phenoxy) is 1. The molecule has 2 amide bonds. The highest BCUT2D eigenvalue weighted by atomic mass is 35.5. The molecule has 0 saturated heterocycles. The number of carbonyl (C=O) groups is 2. The smallest absolute Gasteiger partial charge is 0.273 e. The van der Waals surface area contributed by atoms with E-state index < -0.39 is 16.7 Å². The van der Waals surface area contributed by atoms with E-state index in [0.717, 1.165) is 4.90 Å². The Morgan fingerprint density at radius 1 is 1.23 bits per heavy atom. The highest BCUT2D eigenvalue weighted by Gasteiger charge is 2.37. The Morgan fingerprint density at radius 2 is 1.86 bits per heavy atom. The summed E-state index contributed by atoms with van der Waals surface area (Å²) in [4.78, 5) is 35.5. The molecule has 1 aliphatic heterocycles. The molecule has 1 heterocycles. The maximum absolute atomic E-state index is 12.3. The summed E-state index contributed by atoms with van der Waals surface area (Å²) in [5.74, 6) is -1.06. The van der Waals surface area contributed by atoms with Crippen LogP contribution in [-0.4, -0.2) is 41.9 Å². The first-order valence-electron chi connectivity index (χ1n) is 6.47. The van der Waals surface area contributed by atoms with Crippen molar-refractivity contribution in [3.8, 4) is 0 Å². The van der Waals surface area contributed by atoms with Crippen molar-refractivity contribution < 1.29 is 19.2 Å². The van der Waals surface area contributed by atoms with Gasteiger partial charge in [-0.25, -0.2) is 0 Å². The van der Waals surface area contributed by atoms with Crippen molar-refractivity contribution in [2.24, 2.45) is 0 Å². The molecular weight excluding hydrogens is 312 g/mol. The van der Waals surface area contributed by atoms with E-state index in [0.29, 0.717) is 18.6 Å². The summed E-state index contributed by atoms with van der Waals surface area (Å²) in [5, 5.41) is 10.5. The van der Waals surface area contributed by atoms with Crippen LogP contribution in [-0.2, 0) is 14.3 Å². The molecule has 0 N–H and O–H groups in total. The molecule has 0 unspecified atom stereocenters. The Kier molecular flexibility index (Phi) is 4.89. The molecule has 116 valence electrons. The second-order valence-electron chi connectivity index (χ2n) is 4.60. The molecule has 1 aromatic carbocycles. The predicted molar refractivity (Wildman–Crippen MR) is 79.1 cm³/mol. The minimum absolute atomic E-state index is 0.0685. The highest BCUT2D eigenvalue weighted by Crippen LogP contribution is 2.32. The van der Waals surface area contributed by atoms with E-state index in [1.54, 1.807) is 0 Å². The van der Waals surface area contributed by atoms with Crippen LogP contribution in [0.5, 0.6) is 0 Å². The van der Waals surface area contributed by atoms with Gasteiger partial charge < -0.3 is 4.74 Å². The molecule has 0 atom stereocenters. The lowest BCUT2D eigenvalue weighted by Crippen LogP contribution is -2.32. The van der Waals surface area contributed by atoms with E-state index in [9.17, 15) is 19.7 Å². The van der Waals surface area contributed by atoms with Gasteiger partial charge in [-0.15, -0.1) is 0 Å². The fourth-order valence-electron chi connectivity index (χ4n) is 2.12. The number of hydrogen-bond donors (Lipinski definition) is 0. The van der Waals surface area contributed by atoms with E-state index in [1.807, 2.05) is 0 Å². The topological polar surface area (TPSA) is 89.8 Å². The Bertz CT molecular complexity index is 654. The zero-order valence-corrected chi connectivity index (χ0v) is 12.5. The summed E-state index contributed by atoms with van der Waals surface area (Å²) in [6.45, 7) is 0.625. The molecule has 0 saturated carbocycles. The van der Waals surface area contributed by atoms with Crippen LogP contribution in [0.15, 0.2) is 29.3 Å². The molecule has 0 aliphatic carbocycles. The zero-order chi connectivity index (χ0) is 16.3. The third kappa shape index (κ3) is 3.00. The van der Waals surface area contributed by atoms with E-state index in [-0.39, 0.29) is 22.8 Å². The second kappa shape index (κ2) is 6.67. The number of nitro groups is 1. The molecule has 1 aromatic rings. The average Bonchev–Trinajstić information content (AvgIpc) is 2.71. The van der Waals surface area contributed by atoms with Crippen molar-refractivity contribution in [3.63, 3.8) is 0 Å². The molecule has 7 nitrogen and oxygen atoms in total. The third-order valence-electron chi connectivity index (χ3n) is 3.21. The molecular formula is C14H13ClN2O5. The maximum atomic E-state index is 12.3. The van der Waals surface area contributed by atoms with E-state index in [1.165, 1.54) is 31.4 Å². The third-order valence-corrected chi connectivity index (χ3v) is 3.56. The first-order valence-corrected chi connectivity index (χ1v) is 6.85. The molecule has 0 bridgehead atoms. The van der Waals surface area contributed by atoms with Gasteiger partial charge in [-0.05, 0) is 24.1 Å². The molecule has 0 aromatic heterocycles. The molecule has 0 radical (unpaired) electrons. The van der Waals surface area contributed by atoms with E-state index in [2.05, 4.69) is 0 Å². The van der Waals surface area contributed by atoms with Gasteiger partial charge in [0.1, 0.15) is 5.03 Å². The van der Waals surface area contributed by atoms with Crippen molar-refractivity contribution in [2.75, 3.05) is 20.3 Å². The summed E-state index contributed by atoms with van der Waals surface area (Å²) < 4.78 is 4.89. The van der Waals surface area contributed by atoms with Crippen LogP contribution in [0.2, 0.25) is 0 Å². The monoisotopic (exact) mass is 324 g/mol. The van der Waals surface area contributed by atoms with Crippen LogP contribution in [0.25, 0.3) is 5.57 Å². The number of non-ortho nitro benzene ring substituents is 1. The summed E-state index contributed by atoms with van der Waals surface area (Å²) in [7, 11) is 1.53. The maximum Gasteiger partial charge on any atom is 0.273 e. The van der Waals surface area contributed by atoms with Gasteiger partial charge in [0.05, 0.1) is 10.5 Å². The number of amides is 2. The van der Waals surface area contributed by atoms with Crippen molar-refractivity contribution in [1.29, 1.82) is 0 Å². The quantitative estimate of drug-likeness (QED) is 0.345. The number of rotatable bonds is 6. The molecule has 0 fully saturated rings. The predicted octanol–water partition coefficient (Wildman–Crippen LogP) is 1.95. The van der Waals surface area contributed by atoms with Gasteiger partial charge in [0.15, 0.2) is 0 Å². The molecule has 8 heteroatoms. The van der Waals surface area contributed by atoms with Crippen LogP contribution in [0, 0.1) is 10.1 Å². The standard InChI is InChI=1S/C14H13ClN2O5/c1-22-8-2-7-16-13(18)11(12(15)14(16)19)9-3-5-10(6-4-9)17(20)21/h3-6H,2,7-8H2,1H3. The van der Waals surface area contributed by atoms with Crippen molar-refractivity contribution in [1.82, 2.24) is 4.90 Å². The van der Waals surface area contributed by atoms with Crippen LogP contribution < -0.4 is 0 Å². The number of methoxy groups -OCH3 is 1. The van der Waals surface area contributed by atoms with Gasteiger partial charge in [-0.1, -0.05) is 11.6 Å². The number of nitro benzene ring substituents is 1. The van der Waals surface area contributed by atoms with E-state index in [4.69, 9.17) is 16.3 Å². The number of nitrogens with zero attached hydrogens (tertiary/aromatic N) is 2. The SMILES string of the molecule is COCCCN1C(=O)C(Cl)=C(c2ccc([N+](=O)[O-])cc2)C1=O. The Hall–Kier alpha value is -2.25. The summed E-state index contributed by atoms with van der Waals surface area (Å²) in [5.41, 5.74) is 0.344. The molecule has 1 aliphatic rings. The highest BCUT2D eigenvalue weighted by molar-refractivity contribution is 6.55. The fourth-order valence-corrected chi connectivity index (χ4v) is 2.41. The Morgan fingerprint density at radius 3 is 2.41 bits per heavy atom. The first-order chi connectivity index (χ1) is 10.5. The normalized spacial score (nSPS) is 14.9. The molecule has 22 heavy (non-hydrogen) atoms. The summed E-state index contributed by atoms with van der Waals surface area (Å²) in [6.07, 6.45) is 0.506. The largest absolute Gasteiger partial charge is 0.385 e. The number of imide groups is 1. The van der Waals surface area contributed by atoms with Gasteiger partial charge in [-0.3, -0.25) is 24.6 Å². The zero-order valence-electron chi connectivity index (χ0n) is 11.7. The van der Waals surface area contributed by atoms with Crippen LogP contribution in [0.1, 0.15) is 12.0 Å².